The molecule has 2 heterocycles. The molecule has 6 heteroatoms. The normalized spacial score (nSPS) is 18.7. The van der Waals surface area contributed by atoms with Gasteiger partial charge in [0.2, 0.25) is 0 Å². The van der Waals surface area contributed by atoms with E-state index in [1.54, 1.807) is 11.1 Å². The number of aromatic nitrogens is 1. The summed E-state index contributed by atoms with van der Waals surface area (Å²) in [6, 6.07) is 4.21. The number of hydrogen-bond donors (Lipinski definition) is 0. The average Bonchev–Trinajstić information content (AvgIpc) is 2.86. The third-order valence-electron chi connectivity index (χ3n) is 3.44. The molecular formula is C15H22BrN3O2. The number of rotatable bonds is 2. The second kappa shape index (κ2) is 6.22. The van der Waals surface area contributed by atoms with E-state index in [1.807, 2.05) is 40.0 Å². The van der Waals surface area contributed by atoms with Gasteiger partial charge < -0.3 is 14.5 Å². The van der Waals surface area contributed by atoms with Crippen molar-refractivity contribution >= 4 is 27.8 Å². The van der Waals surface area contributed by atoms with Gasteiger partial charge >= 0.3 is 6.09 Å². The Kier molecular flexibility index (Phi) is 4.76. The number of nitrogens with zero attached hydrogens (tertiary/aromatic N) is 3. The Labute approximate surface area is 134 Å². The topological polar surface area (TPSA) is 45.7 Å². The number of anilines is 1. The fraction of sp³-hybridized carbons (Fsp3) is 0.600. The number of likely N-dealkylation sites (N-methyl/N-ethyl adjacent to an activating group) is 1. The lowest BCUT2D eigenvalue weighted by Gasteiger charge is -2.27. The zero-order valence-electron chi connectivity index (χ0n) is 13.0. The van der Waals surface area contributed by atoms with Crippen molar-refractivity contribution in [2.75, 3.05) is 25.0 Å². The van der Waals surface area contributed by atoms with E-state index >= 15 is 0 Å². The average molecular weight is 356 g/mol. The molecule has 0 radical (unpaired) electrons. The van der Waals surface area contributed by atoms with Crippen LogP contribution in [-0.2, 0) is 4.74 Å². The van der Waals surface area contributed by atoms with Crippen LogP contribution in [0.3, 0.4) is 0 Å². The molecule has 1 atom stereocenters. The maximum Gasteiger partial charge on any atom is 0.410 e. The van der Waals surface area contributed by atoms with Crippen LogP contribution in [-0.4, -0.2) is 47.8 Å². The van der Waals surface area contributed by atoms with Gasteiger partial charge in [0.05, 0.1) is 0 Å². The van der Waals surface area contributed by atoms with Crippen molar-refractivity contribution in [2.45, 2.75) is 38.8 Å². The van der Waals surface area contributed by atoms with Crippen molar-refractivity contribution in [3.63, 3.8) is 0 Å². The molecule has 2 rings (SSSR count). The van der Waals surface area contributed by atoms with Gasteiger partial charge in [0.15, 0.2) is 0 Å². The summed E-state index contributed by atoms with van der Waals surface area (Å²) >= 11 is 3.38. The summed E-state index contributed by atoms with van der Waals surface area (Å²) in [4.78, 5) is 20.4. The van der Waals surface area contributed by atoms with E-state index in [4.69, 9.17) is 4.74 Å². The first-order valence-electron chi connectivity index (χ1n) is 7.08. The summed E-state index contributed by atoms with van der Waals surface area (Å²) in [5.41, 5.74) is -0.450. The monoisotopic (exact) mass is 355 g/mol. The maximum absolute atomic E-state index is 12.1. The SMILES string of the molecule is CN(c1ccc(Br)cn1)[C@@H]1CCN(C(=O)OC(C)(C)C)C1. The Hall–Kier alpha value is -1.30. The van der Waals surface area contributed by atoms with E-state index < -0.39 is 5.60 Å². The van der Waals surface area contributed by atoms with Crippen LogP contribution in [0.2, 0.25) is 0 Å². The molecule has 0 spiro atoms. The van der Waals surface area contributed by atoms with Gasteiger partial charge in [-0.2, -0.15) is 0 Å². The predicted octanol–water partition coefficient (Wildman–Crippen LogP) is 3.29. The molecule has 1 aromatic rings. The van der Waals surface area contributed by atoms with Gasteiger partial charge in [-0.3, -0.25) is 0 Å². The van der Waals surface area contributed by atoms with Gasteiger partial charge in [0.25, 0.3) is 0 Å². The number of halogens is 1. The summed E-state index contributed by atoms with van der Waals surface area (Å²) in [7, 11) is 2.01. The molecule has 1 fully saturated rings. The lowest BCUT2D eigenvalue weighted by Crippen LogP contribution is -2.39. The van der Waals surface area contributed by atoms with Crippen LogP contribution >= 0.6 is 15.9 Å². The van der Waals surface area contributed by atoms with E-state index in [1.165, 1.54) is 0 Å². The molecule has 0 unspecified atom stereocenters. The molecule has 0 N–H and O–H groups in total. The number of ether oxygens (including phenoxy) is 1. The minimum atomic E-state index is -0.450. The Balaban J connectivity index is 1.95. The largest absolute Gasteiger partial charge is 0.444 e. The summed E-state index contributed by atoms with van der Waals surface area (Å²) in [6.07, 6.45) is 2.47. The zero-order chi connectivity index (χ0) is 15.6. The molecule has 21 heavy (non-hydrogen) atoms. The Morgan fingerprint density at radius 1 is 1.48 bits per heavy atom. The third kappa shape index (κ3) is 4.33. The zero-order valence-corrected chi connectivity index (χ0v) is 14.6. The number of likely N-dealkylation sites (tertiary alicyclic amines) is 1. The van der Waals surface area contributed by atoms with Gasteiger partial charge in [-0.15, -0.1) is 0 Å². The highest BCUT2D eigenvalue weighted by Crippen LogP contribution is 2.22. The van der Waals surface area contributed by atoms with E-state index in [-0.39, 0.29) is 12.1 Å². The van der Waals surface area contributed by atoms with Crippen LogP contribution in [0.4, 0.5) is 10.6 Å². The fourth-order valence-electron chi connectivity index (χ4n) is 2.31. The standard InChI is InChI=1S/C15H22BrN3O2/c1-15(2,3)21-14(20)19-8-7-12(10-19)18(4)13-6-5-11(16)9-17-13/h5-6,9,12H,7-8,10H2,1-4H3/t12-/m1/s1. The second-order valence-electron chi connectivity index (χ2n) is 6.31. The minimum Gasteiger partial charge on any atom is -0.444 e. The molecule has 116 valence electrons. The van der Waals surface area contributed by atoms with Gasteiger partial charge in [-0.25, -0.2) is 9.78 Å². The van der Waals surface area contributed by atoms with Crippen LogP contribution in [0.25, 0.3) is 0 Å². The summed E-state index contributed by atoms with van der Waals surface area (Å²) in [5.74, 6) is 0.911. The Morgan fingerprint density at radius 2 is 2.19 bits per heavy atom. The lowest BCUT2D eigenvalue weighted by atomic mass is 10.2. The number of carbonyl (C=O) groups is 1. The molecule has 1 aromatic heterocycles. The van der Waals surface area contributed by atoms with Crippen LogP contribution in [0.15, 0.2) is 22.8 Å². The van der Waals surface area contributed by atoms with Crippen LogP contribution in [0, 0.1) is 0 Å². The van der Waals surface area contributed by atoms with Crippen molar-refractivity contribution in [2.24, 2.45) is 0 Å². The highest BCUT2D eigenvalue weighted by Gasteiger charge is 2.32. The fourth-order valence-corrected chi connectivity index (χ4v) is 2.55. The highest BCUT2D eigenvalue weighted by atomic mass is 79.9. The molecule has 1 amide bonds. The summed E-state index contributed by atoms with van der Waals surface area (Å²) < 4.78 is 6.38. The highest BCUT2D eigenvalue weighted by molar-refractivity contribution is 9.10. The van der Waals surface area contributed by atoms with Crippen molar-refractivity contribution in [1.82, 2.24) is 9.88 Å². The Morgan fingerprint density at radius 3 is 2.76 bits per heavy atom. The van der Waals surface area contributed by atoms with Crippen LogP contribution in [0.1, 0.15) is 27.2 Å². The molecule has 1 aliphatic rings. The summed E-state index contributed by atoms with van der Waals surface area (Å²) in [6.45, 7) is 7.05. The van der Waals surface area contributed by atoms with Crippen LogP contribution < -0.4 is 4.90 Å². The molecule has 0 bridgehead atoms. The van der Waals surface area contributed by atoms with E-state index in [0.29, 0.717) is 6.54 Å². The number of pyridine rings is 1. The van der Waals surface area contributed by atoms with E-state index in [0.717, 1.165) is 23.3 Å². The van der Waals surface area contributed by atoms with Crippen molar-refractivity contribution in [3.05, 3.63) is 22.8 Å². The molecule has 5 nitrogen and oxygen atoms in total. The van der Waals surface area contributed by atoms with Crippen molar-refractivity contribution < 1.29 is 9.53 Å². The number of hydrogen-bond acceptors (Lipinski definition) is 4. The molecule has 1 aliphatic heterocycles. The van der Waals surface area contributed by atoms with Gasteiger partial charge in [0, 0.05) is 36.8 Å². The first-order valence-corrected chi connectivity index (χ1v) is 7.88. The van der Waals surface area contributed by atoms with Gasteiger partial charge in [-0.05, 0) is 55.3 Å². The van der Waals surface area contributed by atoms with Gasteiger partial charge in [0.1, 0.15) is 11.4 Å². The lowest BCUT2D eigenvalue weighted by molar-refractivity contribution is 0.0292. The quantitative estimate of drug-likeness (QED) is 0.816. The van der Waals surface area contributed by atoms with E-state index in [9.17, 15) is 4.79 Å². The number of carbonyl (C=O) groups excluding carboxylic acids is 1. The molecule has 1 saturated heterocycles. The van der Waals surface area contributed by atoms with Crippen molar-refractivity contribution in [3.8, 4) is 0 Å². The van der Waals surface area contributed by atoms with E-state index in [2.05, 4.69) is 25.8 Å². The first kappa shape index (κ1) is 16.1. The Bertz CT molecular complexity index is 499. The smallest absolute Gasteiger partial charge is 0.410 e. The maximum atomic E-state index is 12.1. The minimum absolute atomic E-state index is 0.234. The first-order chi connectivity index (χ1) is 9.76. The molecule has 0 aliphatic carbocycles. The molecular weight excluding hydrogens is 334 g/mol. The molecule has 0 aromatic carbocycles. The van der Waals surface area contributed by atoms with Crippen LogP contribution in [0.5, 0.6) is 0 Å². The third-order valence-corrected chi connectivity index (χ3v) is 3.91. The van der Waals surface area contributed by atoms with Gasteiger partial charge in [-0.1, -0.05) is 0 Å². The number of amides is 1. The summed E-state index contributed by atoms with van der Waals surface area (Å²) in [5, 5.41) is 0. The van der Waals surface area contributed by atoms with Crippen molar-refractivity contribution in [1.29, 1.82) is 0 Å². The second-order valence-corrected chi connectivity index (χ2v) is 7.23. The predicted molar refractivity (Wildman–Crippen MR) is 86.6 cm³/mol. The molecule has 0 saturated carbocycles.